The molecular weight excluding hydrogens is 224 g/mol. The normalized spacial score (nSPS) is 25.2. The molecule has 1 atom stereocenters. The zero-order chi connectivity index (χ0) is 13.0. The average molecular weight is 252 g/mol. The van der Waals surface area contributed by atoms with E-state index in [0.29, 0.717) is 18.4 Å². The van der Waals surface area contributed by atoms with Crippen molar-refractivity contribution in [3.63, 3.8) is 0 Å². The van der Waals surface area contributed by atoms with Crippen molar-refractivity contribution in [1.29, 1.82) is 0 Å². The van der Waals surface area contributed by atoms with Gasteiger partial charge in [0.15, 0.2) is 0 Å². The molecule has 1 unspecified atom stereocenters. The summed E-state index contributed by atoms with van der Waals surface area (Å²) in [5, 5.41) is 3.24. The highest BCUT2D eigenvalue weighted by Gasteiger charge is 2.35. The Morgan fingerprint density at radius 2 is 1.94 bits per heavy atom. The Labute approximate surface area is 111 Å². The van der Waals surface area contributed by atoms with Crippen LogP contribution < -0.4 is 11.1 Å². The second-order valence-electron chi connectivity index (χ2n) is 6.37. The maximum Gasteiger partial charge on any atom is 0.222 e. The van der Waals surface area contributed by atoms with E-state index in [9.17, 15) is 4.79 Å². The molecule has 0 aromatic rings. The number of carbonyl (C=O) groups excluding carboxylic acids is 1. The molecule has 1 amide bonds. The first kappa shape index (κ1) is 13.9. The largest absolute Gasteiger partial charge is 0.353 e. The third-order valence-corrected chi connectivity index (χ3v) is 4.87. The van der Waals surface area contributed by atoms with Gasteiger partial charge in [0.25, 0.3) is 0 Å². The highest BCUT2D eigenvalue weighted by molar-refractivity contribution is 5.77. The molecule has 104 valence electrons. The van der Waals surface area contributed by atoms with Crippen molar-refractivity contribution < 1.29 is 4.79 Å². The summed E-state index contributed by atoms with van der Waals surface area (Å²) < 4.78 is 0. The molecule has 2 rings (SSSR count). The van der Waals surface area contributed by atoms with E-state index < -0.39 is 0 Å². The first-order valence-corrected chi connectivity index (χ1v) is 7.71. The Kier molecular flexibility index (Phi) is 4.66. The number of carbonyl (C=O) groups is 1. The molecule has 0 radical (unpaired) electrons. The van der Waals surface area contributed by atoms with Gasteiger partial charge in [-0.05, 0) is 44.4 Å². The van der Waals surface area contributed by atoms with Crippen LogP contribution in [0.25, 0.3) is 0 Å². The van der Waals surface area contributed by atoms with Gasteiger partial charge in [0, 0.05) is 18.0 Å². The quantitative estimate of drug-likeness (QED) is 0.790. The molecule has 3 N–H and O–H groups in total. The smallest absolute Gasteiger partial charge is 0.222 e. The molecule has 0 heterocycles. The third kappa shape index (κ3) is 3.47. The minimum atomic E-state index is -0.186. The van der Waals surface area contributed by atoms with E-state index in [0.717, 1.165) is 19.3 Å². The SMILES string of the molecule is CCC(NC(=O)CC1(N)CCC1)C1CCCCC1. The van der Waals surface area contributed by atoms with Gasteiger partial charge in [-0.3, -0.25) is 4.79 Å². The molecule has 0 saturated heterocycles. The molecule has 0 aromatic heterocycles. The summed E-state index contributed by atoms with van der Waals surface area (Å²) in [6.45, 7) is 2.18. The molecule has 3 nitrogen and oxygen atoms in total. The van der Waals surface area contributed by atoms with Gasteiger partial charge in [-0.2, -0.15) is 0 Å². The zero-order valence-electron chi connectivity index (χ0n) is 11.7. The van der Waals surface area contributed by atoms with E-state index in [-0.39, 0.29) is 11.4 Å². The van der Waals surface area contributed by atoms with Gasteiger partial charge in [-0.1, -0.05) is 26.2 Å². The minimum absolute atomic E-state index is 0.176. The Hall–Kier alpha value is -0.570. The van der Waals surface area contributed by atoms with Gasteiger partial charge in [0.1, 0.15) is 0 Å². The second-order valence-corrected chi connectivity index (χ2v) is 6.37. The first-order valence-electron chi connectivity index (χ1n) is 7.71. The van der Waals surface area contributed by atoms with Crippen molar-refractivity contribution in [2.75, 3.05) is 0 Å². The standard InChI is InChI=1S/C15H28N2O/c1-2-13(12-7-4-3-5-8-12)17-14(18)11-15(16)9-6-10-15/h12-13H,2-11,16H2,1H3,(H,17,18). The van der Waals surface area contributed by atoms with E-state index in [1.54, 1.807) is 0 Å². The van der Waals surface area contributed by atoms with Crippen LogP contribution in [0.3, 0.4) is 0 Å². The van der Waals surface area contributed by atoms with Gasteiger partial charge in [0.2, 0.25) is 5.91 Å². The molecule has 2 saturated carbocycles. The number of rotatable bonds is 5. The van der Waals surface area contributed by atoms with Crippen LogP contribution >= 0.6 is 0 Å². The first-order chi connectivity index (χ1) is 8.63. The number of hydrogen-bond donors (Lipinski definition) is 2. The maximum absolute atomic E-state index is 12.1. The fraction of sp³-hybridized carbons (Fsp3) is 0.933. The van der Waals surface area contributed by atoms with Crippen molar-refractivity contribution >= 4 is 5.91 Å². The molecule has 0 aromatic carbocycles. The third-order valence-electron chi connectivity index (χ3n) is 4.87. The summed E-state index contributed by atoms with van der Waals surface area (Å²) in [6.07, 6.45) is 11.4. The molecule has 0 bridgehead atoms. The van der Waals surface area contributed by atoms with Gasteiger partial charge in [-0.15, -0.1) is 0 Å². The van der Waals surface area contributed by atoms with Crippen LogP contribution in [-0.4, -0.2) is 17.5 Å². The lowest BCUT2D eigenvalue weighted by Crippen LogP contribution is -2.51. The summed E-state index contributed by atoms with van der Waals surface area (Å²) >= 11 is 0. The number of nitrogens with two attached hydrogens (primary N) is 1. The van der Waals surface area contributed by atoms with E-state index in [2.05, 4.69) is 12.2 Å². The summed E-state index contributed by atoms with van der Waals surface area (Å²) in [4.78, 5) is 12.1. The van der Waals surface area contributed by atoms with Gasteiger partial charge in [-0.25, -0.2) is 0 Å². The summed E-state index contributed by atoms with van der Waals surface area (Å²) in [5.41, 5.74) is 5.95. The molecule has 2 fully saturated rings. The molecule has 2 aliphatic rings. The molecule has 0 spiro atoms. The van der Waals surface area contributed by atoms with Crippen LogP contribution in [0.4, 0.5) is 0 Å². The monoisotopic (exact) mass is 252 g/mol. The average Bonchev–Trinajstić information content (AvgIpc) is 2.35. The van der Waals surface area contributed by atoms with Crippen molar-refractivity contribution in [3.05, 3.63) is 0 Å². The Morgan fingerprint density at radius 3 is 2.44 bits per heavy atom. The highest BCUT2D eigenvalue weighted by Crippen LogP contribution is 2.32. The predicted molar refractivity (Wildman–Crippen MR) is 74.2 cm³/mol. The summed E-state index contributed by atoms with van der Waals surface area (Å²) in [6, 6.07) is 0.376. The zero-order valence-corrected chi connectivity index (χ0v) is 11.7. The summed E-state index contributed by atoms with van der Waals surface area (Å²) in [5.74, 6) is 0.873. The van der Waals surface area contributed by atoms with Crippen molar-refractivity contribution in [2.45, 2.75) is 82.7 Å². The van der Waals surface area contributed by atoms with Gasteiger partial charge < -0.3 is 11.1 Å². The fourth-order valence-corrected chi connectivity index (χ4v) is 3.48. The number of hydrogen-bond acceptors (Lipinski definition) is 2. The predicted octanol–water partition coefficient (Wildman–Crippen LogP) is 2.73. The van der Waals surface area contributed by atoms with Crippen LogP contribution in [-0.2, 0) is 4.79 Å². The van der Waals surface area contributed by atoms with Crippen molar-refractivity contribution in [2.24, 2.45) is 11.7 Å². The summed E-state index contributed by atoms with van der Waals surface area (Å²) in [7, 11) is 0. The topological polar surface area (TPSA) is 55.1 Å². The lowest BCUT2D eigenvalue weighted by atomic mass is 9.75. The number of nitrogens with one attached hydrogen (secondary N) is 1. The minimum Gasteiger partial charge on any atom is -0.353 e. The van der Waals surface area contributed by atoms with E-state index >= 15 is 0 Å². The maximum atomic E-state index is 12.1. The molecule has 18 heavy (non-hydrogen) atoms. The van der Waals surface area contributed by atoms with Gasteiger partial charge >= 0.3 is 0 Å². The van der Waals surface area contributed by atoms with Gasteiger partial charge in [0.05, 0.1) is 0 Å². The molecular formula is C15H28N2O. The molecule has 0 aliphatic heterocycles. The van der Waals surface area contributed by atoms with Crippen LogP contribution in [0.15, 0.2) is 0 Å². The van der Waals surface area contributed by atoms with Crippen LogP contribution in [0.1, 0.15) is 71.1 Å². The second kappa shape index (κ2) is 6.05. The highest BCUT2D eigenvalue weighted by atomic mass is 16.1. The van der Waals surface area contributed by atoms with Crippen LogP contribution in [0.2, 0.25) is 0 Å². The Bertz CT molecular complexity index is 280. The Morgan fingerprint density at radius 1 is 1.28 bits per heavy atom. The lowest BCUT2D eigenvalue weighted by molar-refractivity contribution is -0.124. The van der Waals surface area contributed by atoms with Crippen LogP contribution in [0, 0.1) is 5.92 Å². The van der Waals surface area contributed by atoms with E-state index in [1.807, 2.05) is 0 Å². The molecule has 2 aliphatic carbocycles. The number of amides is 1. The fourth-order valence-electron chi connectivity index (χ4n) is 3.48. The van der Waals surface area contributed by atoms with E-state index in [4.69, 9.17) is 5.73 Å². The van der Waals surface area contributed by atoms with Crippen molar-refractivity contribution in [3.8, 4) is 0 Å². The molecule has 3 heteroatoms. The van der Waals surface area contributed by atoms with E-state index in [1.165, 1.54) is 38.5 Å². The van der Waals surface area contributed by atoms with Crippen molar-refractivity contribution in [1.82, 2.24) is 5.32 Å². The Balaban J connectivity index is 1.79. The lowest BCUT2D eigenvalue weighted by Gasteiger charge is -2.38. The van der Waals surface area contributed by atoms with Crippen LogP contribution in [0.5, 0.6) is 0 Å².